The second kappa shape index (κ2) is 3.23. The molecule has 1 rings (SSSR count). The fourth-order valence-electron chi connectivity index (χ4n) is 0.906. The summed E-state index contributed by atoms with van der Waals surface area (Å²) in [5, 5.41) is 0. The van der Waals surface area contributed by atoms with Gasteiger partial charge in [0.05, 0.1) is 13.4 Å². The third-order valence-electron chi connectivity index (χ3n) is 1.47. The molecule has 0 N–H and O–H groups in total. The molecule has 1 heterocycles. The highest BCUT2D eigenvalue weighted by Crippen LogP contribution is 2.11. The Morgan fingerprint density at radius 2 is 2.45 bits per heavy atom. The number of esters is 1. The van der Waals surface area contributed by atoms with Crippen LogP contribution in [0.15, 0.2) is 16.7 Å². The summed E-state index contributed by atoms with van der Waals surface area (Å²) in [5.74, 6) is 0.340. The van der Waals surface area contributed by atoms with Crippen LogP contribution in [-0.4, -0.2) is 13.1 Å². The third kappa shape index (κ3) is 1.42. The summed E-state index contributed by atoms with van der Waals surface area (Å²) in [6.07, 6.45) is 2.20. The average Bonchev–Trinajstić information content (AvgIpc) is 2.50. The molecule has 0 amide bonds. The maximum Gasteiger partial charge on any atom is 0.341 e. The van der Waals surface area contributed by atoms with Gasteiger partial charge in [0.15, 0.2) is 0 Å². The Morgan fingerprint density at radius 1 is 1.73 bits per heavy atom. The fraction of sp³-hybridized carbons (Fsp3) is 0.375. The van der Waals surface area contributed by atoms with E-state index < -0.39 is 0 Å². The number of ether oxygens (including phenoxy) is 1. The van der Waals surface area contributed by atoms with Crippen LogP contribution in [0, 0.1) is 0 Å². The summed E-state index contributed by atoms with van der Waals surface area (Å²) >= 11 is 0. The molecule has 1 aromatic rings. The lowest BCUT2D eigenvalue weighted by Gasteiger charge is -1.96. The molecule has 0 aliphatic rings. The maximum atomic E-state index is 11.0. The summed E-state index contributed by atoms with van der Waals surface area (Å²) in [6.45, 7) is 1.92. The van der Waals surface area contributed by atoms with Crippen molar-refractivity contribution in [3.05, 3.63) is 23.7 Å². The number of carbonyl (C=O) groups excluding carboxylic acids is 1. The molecule has 11 heavy (non-hydrogen) atoms. The van der Waals surface area contributed by atoms with Gasteiger partial charge in [-0.25, -0.2) is 4.79 Å². The van der Waals surface area contributed by atoms with Crippen molar-refractivity contribution in [2.24, 2.45) is 0 Å². The largest absolute Gasteiger partial charge is 0.468 e. The Hall–Kier alpha value is -1.25. The summed E-state index contributed by atoms with van der Waals surface area (Å²) in [5.41, 5.74) is 0.523. The van der Waals surface area contributed by atoms with E-state index in [1.54, 1.807) is 6.07 Å². The topological polar surface area (TPSA) is 39.4 Å². The molecule has 1 aromatic heterocycles. The molecule has 3 heteroatoms. The van der Waals surface area contributed by atoms with E-state index in [0.29, 0.717) is 17.7 Å². The van der Waals surface area contributed by atoms with Gasteiger partial charge in [0.2, 0.25) is 0 Å². The van der Waals surface area contributed by atoms with Gasteiger partial charge < -0.3 is 9.15 Å². The van der Waals surface area contributed by atoms with Crippen LogP contribution >= 0.6 is 0 Å². The first kappa shape index (κ1) is 7.85. The second-order valence-corrected chi connectivity index (χ2v) is 2.10. The van der Waals surface area contributed by atoms with Crippen molar-refractivity contribution in [3.8, 4) is 0 Å². The van der Waals surface area contributed by atoms with Crippen LogP contribution in [0.3, 0.4) is 0 Å². The number of hydrogen-bond donors (Lipinski definition) is 0. The van der Waals surface area contributed by atoms with Gasteiger partial charge in [0.25, 0.3) is 0 Å². The highest BCUT2D eigenvalue weighted by atomic mass is 16.5. The van der Waals surface area contributed by atoms with Crippen LogP contribution in [0.5, 0.6) is 0 Å². The number of rotatable bonds is 2. The van der Waals surface area contributed by atoms with E-state index in [4.69, 9.17) is 4.42 Å². The van der Waals surface area contributed by atoms with Crippen molar-refractivity contribution in [3.63, 3.8) is 0 Å². The van der Waals surface area contributed by atoms with Crippen molar-refractivity contribution < 1.29 is 13.9 Å². The van der Waals surface area contributed by atoms with E-state index in [-0.39, 0.29) is 5.97 Å². The third-order valence-corrected chi connectivity index (χ3v) is 1.47. The van der Waals surface area contributed by atoms with Crippen molar-refractivity contribution in [2.75, 3.05) is 7.11 Å². The lowest BCUT2D eigenvalue weighted by Crippen LogP contribution is -2.01. The Morgan fingerprint density at radius 3 is 3.00 bits per heavy atom. The number of aryl methyl sites for hydroxylation is 1. The van der Waals surface area contributed by atoms with Gasteiger partial charge in [-0.05, 0) is 6.07 Å². The summed E-state index contributed by atoms with van der Waals surface area (Å²) in [6, 6.07) is 1.62. The Labute approximate surface area is 65.0 Å². The standard InChI is InChI=1S/C8H10O3/c1-3-7-6(4-5-11-7)8(9)10-2/h4-5H,3H2,1-2H3. The zero-order chi connectivity index (χ0) is 8.27. The number of methoxy groups -OCH3 is 1. The fourth-order valence-corrected chi connectivity index (χ4v) is 0.906. The van der Waals surface area contributed by atoms with Gasteiger partial charge in [-0.15, -0.1) is 0 Å². The number of hydrogen-bond acceptors (Lipinski definition) is 3. The molecule has 0 fully saturated rings. The molecule has 0 saturated carbocycles. The van der Waals surface area contributed by atoms with Crippen molar-refractivity contribution in [2.45, 2.75) is 13.3 Å². The molecule has 0 atom stereocenters. The SMILES string of the molecule is CCc1occc1C(=O)OC. The molecule has 0 bridgehead atoms. The first-order valence-electron chi connectivity index (χ1n) is 3.44. The molecule has 0 spiro atoms. The predicted molar refractivity (Wildman–Crippen MR) is 39.4 cm³/mol. The molecule has 3 nitrogen and oxygen atoms in total. The molecule has 0 aromatic carbocycles. The van der Waals surface area contributed by atoms with Crippen LogP contribution in [0.4, 0.5) is 0 Å². The number of carbonyl (C=O) groups is 1. The molecule has 0 aliphatic carbocycles. The van der Waals surface area contributed by atoms with E-state index in [9.17, 15) is 4.79 Å². The van der Waals surface area contributed by atoms with Gasteiger partial charge >= 0.3 is 5.97 Å². The Bertz CT molecular complexity index is 250. The zero-order valence-electron chi connectivity index (χ0n) is 6.59. The smallest absolute Gasteiger partial charge is 0.341 e. The first-order valence-corrected chi connectivity index (χ1v) is 3.44. The molecular formula is C8H10O3. The molecular weight excluding hydrogens is 144 g/mol. The van der Waals surface area contributed by atoms with Crippen LogP contribution in [0.2, 0.25) is 0 Å². The summed E-state index contributed by atoms with van der Waals surface area (Å²) in [4.78, 5) is 11.0. The van der Waals surface area contributed by atoms with Gasteiger partial charge in [-0.1, -0.05) is 6.92 Å². The van der Waals surface area contributed by atoms with Crippen molar-refractivity contribution >= 4 is 5.97 Å². The van der Waals surface area contributed by atoms with Gasteiger partial charge in [-0.2, -0.15) is 0 Å². The summed E-state index contributed by atoms with van der Waals surface area (Å²) in [7, 11) is 1.36. The van der Waals surface area contributed by atoms with E-state index >= 15 is 0 Å². The number of furan rings is 1. The average molecular weight is 154 g/mol. The van der Waals surface area contributed by atoms with Crippen molar-refractivity contribution in [1.29, 1.82) is 0 Å². The highest BCUT2D eigenvalue weighted by molar-refractivity contribution is 5.90. The zero-order valence-corrected chi connectivity index (χ0v) is 6.59. The first-order chi connectivity index (χ1) is 5.29. The van der Waals surface area contributed by atoms with Crippen LogP contribution in [0.25, 0.3) is 0 Å². The van der Waals surface area contributed by atoms with Crippen LogP contribution in [0.1, 0.15) is 23.0 Å². The van der Waals surface area contributed by atoms with Gasteiger partial charge in [-0.3, -0.25) is 0 Å². The van der Waals surface area contributed by atoms with Gasteiger partial charge in [0.1, 0.15) is 11.3 Å². The van der Waals surface area contributed by atoms with Crippen LogP contribution < -0.4 is 0 Å². The molecule has 60 valence electrons. The Kier molecular flexibility index (Phi) is 2.31. The monoisotopic (exact) mass is 154 g/mol. The quantitative estimate of drug-likeness (QED) is 0.608. The minimum atomic E-state index is -0.337. The highest BCUT2D eigenvalue weighted by Gasteiger charge is 2.12. The lowest BCUT2D eigenvalue weighted by molar-refractivity contribution is 0.0598. The van der Waals surface area contributed by atoms with E-state index in [0.717, 1.165) is 0 Å². The second-order valence-electron chi connectivity index (χ2n) is 2.10. The molecule has 0 aliphatic heterocycles. The van der Waals surface area contributed by atoms with E-state index in [1.807, 2.05) is 6.92 Å². The summed E-state index contributed by atoms with van der Waals surface area (Å²) < 4.78 is 9.57. The Balaban J connectivity index is 2.92. The minimum Gasteiger partial charge on any atom is -0.468 e. The van der Waals surface area contributed by atoms with Crippen molar-refractivity contribution in [1.82, 2.24) is 0 Å². The lowest BCUT2D eigenvalue weighted by atomic mass is 10.2. The molecule has 0 saturated heterocycles. The minimum absolute atomic E-state index is 0.337. The van der Waals surface area contributed by atoms with E-state index in [2.05, 4.69) is 4.74 Å². The van der Waals surface area contributed by atoms with Gasteiger partial charge in [0, 0.05) is 6.42 Å². The van der Waals surface area contributed by atoms with E-state index in [1.165, 1.54) is 13.4 Å². The van der Waals surface area contributed by atoms with Crippen LogP contribution in [-0.2, 0) is 11.2 Å². The molecule has 0 radical (unpaired) electrons. The molecule has 0 unspecified atom stereocenters. The predicted octanol–water partition coefficient (Wildman–Crippen LogP) is 1.63. The maximum absolute atomic E-state index is 11.0. The normalized spacial score (nSPS) is 9.64.